The van der Waals surface area contributed by atoms with Gasteiger partial charge in [0.2, 0.25) is 0 Å². The molecular weight excluding hydrogens is 328 g/mol. The maximum atomic E-state index is 12.2. The van der Waals surface area contributed by atoms with E-state index in [-0.39, 0.29) is 23.0 Å². The molecule has 3 aromatic rings. The molecule has 7 nitrogen and oxygen atoms in total. The lowest BCUT2D eigenvalue weighted by Gasteiger charge is -2.04. The molecule has 1 aromatic carbocycles. The molecule has 3 rings (SSSR count). The van der Waals surface area contributed by atoms with E-state index in [1.54, 1.807) is 10.8 Å². The highest BCUT2D eigenvalue weighted by Gasteiger charge is 2.15. The summed E-state index contributed by atoms with van der Waals surface area (Å²) >= 11 is 1.24. The normalized spacial score (nSPS) is 10.7. The molecule has 2 heterocycles. The van der Waals surface area contributed by atoms with Crippen LogP contribution in [0.2, 0.25) is 0 Å². The van der Waals surface area contributed by atoms with E-state index in [0.29, 0.717) is 22.2 Å². The first kappa shape index (κ1) is 16.0. The van der Waals surface area contributed by atoms with Crippen LogP contribution in [0.4, 0.5) is 0 Å². The summed E-state index contributed by atoms with van der Waals surface area (Å²) in [6.07, 6.45) is 1.68. The average molecular weight is 342 g/mol. The molecule has 8 heteroatoms. The van der Waals surface area contributed by atoms with Gasteiger partial charge in [0.15, 0.2) is 28.3 Å². The number of pyridine rings is 1. The number of carbonyl (C=O) groups excluding carboxylic acids is 1. The van der Waals surface area contributed by atoms with Crippen LogP contribution in [0.1, 0.15) is 10.4 Å². The van der Waals surface area contributed by atoms with Gasteiger partial charge in [-0.25, -0.2) is 0 Å². The molecule has 0 bridgehead atoms. The number of Topliss-reactive ketones (excluding diaryl/α,β-unsaturated/α-hetero) is 1. The molecule has 0 unspecified atom stereocenters. The van der Waals surface area contributed by atoms with E-state index >= 15 is 0 Å². The molecule has 0 amide bonds. The highest BCUT2D eigenvalue weighted by atomic mass is 32.2. The summed E-state index contributed by atoms with van der Waals surface area (Å²) in [7, 11) is 1.81. The lowest BCUT2D eigenvalue weighted by atomic mass is 10.1. The van der Waals surface area contributed by atoms with Crippen LogP contribution in [0.5, 0.6) is 11.5 Å². The van der Waals surface area contributed by atoms with Crippen LogP contribution in [0, 0.1) is 0 Å². The Balaban J connectivity index is 1.72. The molecular formula is C16H14N4O3S. The Morgan fingerprint density at radius 2 is 2.00 bits per heavy atom. The zero-order chi connectivity index (χ0) is 17.1. The van der Waals surface area contributed by atoms with Gasteiger partial charge in [0.05, 0.1) is 5.75 Å². The second-order valence-corrected chi connectivity index (χ2v) is 5.94. The molecule has 2 N–H and O–H groups in total. The highest BCUT2D eigenvalue weighted by molar-refractivity contribution is 7.99. The van der Waals surface area contributed by atoms with Gasteiger partial charge in [-0.05, 0) is 30.3 Å². The topological polar surface area (TPSA) is 101 Å². The van der Waals surface area contributed by atoms with E-state index in [9.17, 15) is 15.0 Å². The van der Waals surface area contributed by atoms with Crippen LogP contribution in [0.15, 0.2) is 47.8 Å². The number of hydrogen-bond donors (Lipinski definition) is 2. The van der Waals surface area contributed by atoms with Gasteiger partial charge in [0, 0.05) is 18.8 Å². The maximum absolute atomic E-state index is 12.2. The molecule has 0 aliphatic heterocycles. The van der Waals surface area contributed by atoms with E-state index in [1.165, 1.54) is 30.0 Å². The van der Waals surface area contributed by atoms with Gasteiger partial charge in [-0.3, -0.25) is 9.78 Å². The minimum atomic E-state index is -0.318. The Labute approximate surface area is 142 Å². The molecule has 0 fully saturated rings. The maximum Gasteiger partial charge on any atom is 0.191 e. The third-order valence-electron chi connectivity index (χ3n) is 3.36. The van der Waals surface area contributed by atoms with Gasteiger partial charge in [-0.2, -0.15) is 0 Å². The number of carbonyl (C=O) groups is 1. The van der Waals surface area contributed by atoms with Crippen LogP contribution in [0.25, 0.3) is 11.5 Å². The second kappa shape index (κ2) is 6.71. The number of nitrogens with zero attached hydrogens (tertiary/aromatic N) is 4. The largest absolute Gasteiger partial charge is 0.504 e. The van der Waals surface area contributed by atoms with Crippen molar-refractivity contribution in [2.75, 3.05) is 5.75 Å². The Bertz CT molecular complexity index is 880. The van der Waals surface area contributed by atoms with Crippen molar-refractivity contribution in [2.24, 2.45) is 7.05 Å². The first-order valence-electron chi connectivity index (χ1n) is 7.05. The summed E-state index contributed by atoms with van der Waals surface area (Å²) in [6.45, 7) is 0. The smallest absolute Gasteiger partial charge is 0.191 e. The van der Waals surface area contributed by atoms with E-state index < -0.39 is 0 Å². The summed E-state index contributed by atoms with van der Waals surface area (Å²) in [5, 5.41) is 27.5. The minimum Gasteiger partial charge on any atom is -0.504 e. The third-order valence-corrected chi connectivity index (χ3v) is 4.38. The highest BCUT2D eigenvalue weighted by Crippen LogP contribution is 2.26. The van der Waals surface area contributed by atoms with Gasteiger partial charge < -0.3 is 14.8 Å². The zero-order valence-electron chi connectivity index (χ0n) is 12.7. The molecule has 0 spiro atoms. The van der Waals surface area contributed by atoms with Crippen molar-refractivity contribution in [3.8, 4) is 23.0 Å². The SMILES string of the molecule is Cn1c(SCC(=O)c2ccc(O)c(O)c2)nnc1-c1ccccn1. The molecule has 2 aromatic heterocycles. The molecule has 0 aliphatic rings. The standard InChI is InChI=1S/C16H14N4O3S/c1-20-15(11-4-2-3-7-17-11)18-19-16(20)24-9-14(23)10-5-6-12(21)13(22)8-10/h2-8,21-22H,9H2,1H3. The third kappa shape index (κ3) is 3.23. The van der Waals surface area contributed by atoms with Crippen molar-refractivity contribution >= 4 is 17.5 Å². The molecule has 0 aliphatic carbocycles. The number of phenolic OH excluding ortho intramolecular Hbond substituents is 2. The Hall–Kier alpha value is -2.87. The number of rotatable bonds is 5. The van der Waals surface area contributed by atoms with Gasteiger partial charge in [-0.1, -0.05) is 17.8 Å². The second-order valence-electron chi connectivity index (χ2n) is 5.00. The quantitative estimate of drug-likeness (QED) is 0.416. The Morgan fingerprint density at radius 3 is 2.71 bits per heavy atom. The van der Waals surface area contributed by atoms with Crippen molar-refractivity contribution in [3.63, 3.8) is 0 Å². The average Bonchev–Trinajstić information content (AvgIpc) is 2.96. The fourth-order valence-electron chi connectivity index (χ4n) is 2.07. The molecule has 24 heavy (non-hydrogen) atoms. The molecule has 0 radical (unpaired) electrons. The lowest BCUT2D eigenvalue weighted by molar-refractivity contribution is 0.102. The van der Waals surface area contributed by atoms with Crippen LogP contribution in [0.3, 0.4) is 0 Å². The number of benzene rings is 1. The fraction of sp³-hybridized carbons (Fsp3) is 0.125. The molecule has 0 saturated carbocycles. The Kier molecular flexibility index (Phi) is 4.48. The summed E-state index contributed by atoms with van der Waals surface area (Å²) in [5.41, 5.74) is 1.03. The van der Waals surface area contributed by atoms with Crippen molar-refractivity contribution in [1.82, 2.24) is 19.7 Å². The zero-order valence-corrected chi connectivity index (χ0v) is 13.6. The number of phenols is 2. The van der Waals surface area contributed by atoms with Gasteiger partial charge in [0.1, 0.15) is 5.69 Å². The van der Waals surface area contributed by atoms with Gasteiger partial charge >= 0.3 is 0 Å². The van der Waals surface area contributed by atoms with E-state index in [1.807, 2.05) is 25.2 Å². The van der Waals surface area contributed by atoms with Crippen molar-refractivity contribution in [3.05, 3.63) is 48.2 Å². The number of aromatic nitrogens is 4. The number of aromatic hydroxyl groups is 2. The summed E-state index contributed by atoms with van der Waals surface area (Å²) in [5.74, 6) is -0.00161. The molecule has 122 valence electrons. The van der Waals surface area contributed by atoms with Crippen LogP contribution in [-0.2, 0) is 7.05 Å². The lowest BCUT2D eigenvalue weighted by Crippen LogP contribution is -2.04. The number of hydrogen-bond acceptors (Lipinski definition) is 7. The van der Waals surface area contributed by atoms with E-state index in [2.05, 4.69) is 15.2 Å². The minimum absolute atomic E-state index is 0.137. The predicted octanol–water partition coefficient (Wildman–Crippen LogP) is 2.26. The first-order valence-corrected chi connectivity index (χ1v) is 8.03. The monoisotopic (exact) mass is 342 g/mol. The summed E-state index contributed by atoms with van der Waals surface area (Å²) < 4.78 is 1.77. The van der Waals surface area contributed by atoms with E-state index in [0.717, 1.165) is 0 Å². The van der Waals surface area contributed by atoms with Gasteiger partial charge in [-0.15, -0.1) is 10.2 Å². The fourth-order valence-corrected chi connectivity index (χ4v) is 2.87. The molecule has 0 saturated heterocycles. The molecule has 0 atom stereocenters. The predicted molar refractivity (Wildman–Crippen MR) is 89.1 cm³/mol. The first-order chi connectivity index (χ1) is 11.6. The Morgan fingerprint density at radius 1 is 1.17 bits per heavy atom. The number of ketones is 1. The van der Waals surface area contributed by atoms with Crippen LogP contribution >= 0.6 is 11.8 Å². The van der Waals surface area contributed by atoms with Crippen molar-refractivity contribution in [1.29, 1.82) is 0 Å². The van der Waals surface area contributed by atoms with Gasteiger partial charge in [0.25, 0.3) is 0 Å². The van der Waals surface area contributed by atoms with Crippen molar-refractivity contribution < 1.29 is 15.0 Å². The summed E-state index contributed by atoms with van der Waals surface area (Å²) in [6, 6.07) is 9.52. The van der Waals surface area contributed by atoms with E-state index in [4.69, 9.17) is 0 Å². The van der Waals surface area contributed by atoms with Crippen molar-refractivity contribution in [2.45, 2.75) is 5.16 Å². The van der Waals surface area contributed by atoms with Crippen LogP contribution < -0.4 is 0 Å². The summed E-state index contributed by atoms with van der Waals surface area (Å²) in [4.78, 5) is 16.4. The van der Waals surface area contributed by atoms with Crippen LogP contribution in [-0.4, -0.2) is 41.5 Å². The number of thioether (sulfide) groups is 1.